The van der Waals surface area contributed by atoms with Crippen LogP contribution >= 0.6 is 0 Å². The molecule has 2 fully saturated rings. The molecule has 0 radical (unpaired) electrons. The normalized spacial score (nSPS) is 39.3. The first kappa shape index (κ1) is 12.2. The molecule has 0 aromatic heterocycles. The van der Waals surface area contributed by atoms with E-state index in [9.17, 15) is 4.79 Å². The molecule has 0 saturated heterocycles. The Morgan fingerprint density at radius 3 is 2.78 bits per heavy atom. The molecule has 0 aliphatic heterocycles. The molecule has 0 aromatic carbocycles. The summed E-state index contributed by atoms with van der Waals surface area (Å²) in [5, 5.41) is 9.07. The van der Waals surface area contributed by atoms with Crippen molar-refractivity contribution in [2.75, 3.05) is 6.54 Å². The number of carboxylic acids is 1. The van der Waals surface area contributed by atoms with Crippen molar-refractivity contribution in [1.29, 1.82) is 0 Å². The lowest BCUT2D eigenvalue weighted by atomic mass is 9.53. The van der Waals surface area contributed by atoms with E-state index in [1.807, 2.05) is 0 Å². The summed E-state index contributed by atoms with van der Waals surface area (Å²) in [6.07, 6.45) is 10.3. The van der Waals surface area contributed by atoms with E-state index in [2.05, 4.69) is 6.08 Å². The van der Waals surface area contributed by atoms with Crippen LogP contribution in [0, 0.1) is 23.2 Å². The molecule has 3 aliphatic carbocycles. The zero-order chi connectivity index (χ0) is 12.8. The first-order valence-corrected chi connectivity index (χ1v) is 7.27. The number of fused-ring (bicyclic) bond motifs is 1. The van der Waals surface area contributed by atoms with Gasteiger partial charge in [-0.25, -0.2) is 0 Å². The molecule has 0 amide bonds. The molecule has 3 N–H and O–H groups in total. The topological polar surface area (TPSA) is 63.3 Å². The van der Waals surface area contributed by atoms with Gasteiger partial charge >= 0.3 is 5.97 Å². The third-order valence-electron chi connectivity index (χ3n) is 5.56. The van der Waals surface area contributed by atoms with Crippen LogP contribution in [0.15, 0.2) is 11.6 Å². The van der Waals surface area contributed by atoms with Crippen LogP contribution in [0.3, 0.4) is 0 Å². The molecular formula is C15H23NO2. The first-order chi connectivity index (χ1) is 8.64. The van der Waals surface area contributed by atoms with Gasteiger partial charge < -0.3 is 10.8 Å². The summed E-state index contributed by atoms with van der Waals surface area (Å²) >= 11 is 0. The van der Waals surface area contributed by atoms with Crippen LogP contribution in [0.2, 0.25) is 0 Å². The first-order valence-electron chi connectivity index (χ1n) is 7.27. The maximum Gasteiger partial charge on any atom is 0.303 e. The summed E-state index contributed by atoms with van der Waals surface area (Å²) in [4.78, 5) is 11.0. The van der Waals surface area contributed by atoms with Crippen LogP contribution in [0.4, 0.5) is 0 Å². The maximum absolute atomic E-state index is 11.0. The fraction of sp³-hybridized carbons (Fsp3) is 0.800. The van der Waals surface area contributed by atoms with Crippen molar-refractivity contribution in [1.82, 2.24) is 0 Å². The van der Waals surface area contributed by atoms with E-state index < -0.39 is 5.97 Å². The van der Waals surface area contributed by atoms with Gasteiger partial charge in [-0.2, -0.15) is 0 Å². The minimum Gasteiger partial charge on any atom is -0.481 e. The largest absolute Gasteiger partial charge is 0.481 e. The number of carbonyl (C=O) groups is 1. The standard InChI is InChI=1S/C15H23NO2/c16-9-15(8-14(17)18)7-12-5-11(6-13(12)15)10-3-1-2-4-10/h6,10,12-13H,1-5,7-9,16H2,(H,17,18)/t12-,13-,15-/m0/s1. The Labute approximate surface area is 108 Å². The average molecular weight is 249 g/mol. The molecule has 3 atom stereocenters. The zero-order valence-corrected chi connectivity index (χ0v) is 10.9. The lowest BCUT2D eigenvalue weighted by molar-refractivity contribution is -0.144. The van der Waals surface area contributed by atoms with E-state index in [4.69, 9.17) is 10.8 Å². The minimum absolute atomic E-state index is 0.128. The van der Waals surface area contributed by atoms with Crippen molar-refractivity contribution in [3.8, 4) is 0 Å². The molecule has 0 spiro atoms. The number of carboxylic acid groups (broad SMARTS) is 1. The molecule has 2 saturated carbocycles. The van der Waals surface area contributed by atoms with E-state index >= 15 is 0 Å². The van der Waals surface area contributed by atoms with Crippen molar-refractivity contribution < 1.29 is 9.90 Å². The predicted molar refractivity (Wildman–Crippen MR) is 70.0 cm³/mol. The summed E-state index contributed by atoms with van der Waals surface area (Å²) in [6, 6.07) is 0. The molecule has 100 valence electrons. The fourth-order valence-electron chi connectivity index (χ4n) is 4.62. The van der Waals surface area contributed by atoms with Gasteiger partial charge in [0.15, 0.2) is 0 Å². The number of hydrogen-bond acceptors (Lipinski definition) is 2. The van der Waals surface area contributed by atoms with E-state index in [1.165, 1.54) is 32.1 Å². The Morgan fingerprint density at radius 2 is 2.17 bits per heavy atom. The van der Waals surface area contributed by atoms with Crippen molar-refractivity contribution in [3.05, 3.63) is 11.6 Å². The van der Waals surface area contributed by atoms with Crippen molar-refractivity contribution in [2.45, 2.75) is 44.9 Å². The van der Waals surface area contributed by atoms with Gasteiger partial charge in [0.25, 0.3) is 0 Å². The Morgan fingerprint density at radius 1 is 1.44 bits per heavy atom. The lowest BCUT2D eigenvalue weighted by Gasteiger charge is -2.51. The molecular weight excluding hydrogens is 226 g/mol. The van der Waals surface area contributed by atoms with Gasteiger partial charge in [0.1, 0.15) is 0 Å². The monoisotopic (exact) mass is 249 g/mol. The van der Waals surface area contributed by atoms with E-state index in [0.717, 1.165) is 12.3 Å². The SMILES string of the molecule is NC[C@@]1(CC(=O)O)C[C@@H]2CC(C3CCCC3)=C[C@@H]21. The summed E-state index contributed by atoms with van der Waals surface area (Å²) in [6.45, 7) is 0.523. The predicted octanol–water partition coefficient (Wildman–Crippen LogP) is 2.56. The molecule has 3 heteroatoms. The third kappa shape index (κ3) is 1.80. The summed E-state index contributed by atoms with van der Waals surface area (Å²) < 4.78 is 0. The molecule has 3 nitrogen and oxygen atoms in total. The minimum atomic E-state index is -0.693. The molecule has 0 bridgehead atoms. The Balaban J connectivity index is 1.74. The van der Waals surface area contributed by atoms with Crippen LogP contribution < -0.4 is 5.73 Å². The Hall–Kier alpha value is -0.830. The Bertz CT molecular complexity index is 384. The summed E-state index contributed by atoms with van der Waals surface area (Å²) in [5.41, 5.74) is 7.38. The summed E-state index contributed by atoms with van der Waals surface area (Å²) in [5.74, 6) is 1.26. The molecule has 3 rings (SSSR count). The van der Waals surface area contributed by atoms with Crippen LogP contribution in [-0.4, -0.2) is 17.6 Å². The van der Waals surface area contributed by atoms with Crippen LogP contribution in [-0.2, 0) is 4.79 Å². The smallest absolute Gasteiger partial charge is 0.303 e. The van der Waals surface area contributed by atoms with Gasteiger partial charge in [0.05, 0.1) is 6.42 Å². The van der Waals surface area contributed by atoms with E-state index in [0.29, 0.717) is 18.4 Å². The average Bonchev–Trinajstić information content (AvgIpc) is 2.93. The van der Waals surface area contributed by atoms with Gasteiger partial charge in [0.2, 0.25) is 0 Å². The molecule has 0 aromatic rings. The van der Waals surface area contributed by atoms with E-state index in [1.54, 1.807) is 5.57 Å². The second-order valence-corrected chi connectivity index (χ2v) is 6.55. The number of rotatable bonds is 4. The molecule has 0 heterocycles. The second-order valence-electron chi connectivity index (χ2n) is 6.55. The van der Waals surface area contributed by atoms with Crippen LogP contribution in [0.5, 0.6) is 0 Å². The molecule has 0 unspecified atom stereocenters. The maximum atomic E-state index is 11.0. The van der Waals surface area contributed by atoms with Crippen LogP contribution in [0.1, 0.15) is 44.9 Å². The van der Waals surface area contributed by atoms with Crippen LogP contribution in [0.25, 0.3) is 0 Å². The quantitative estimate of drug-likeness (QED) is 0.753. The van der Waals surface area contributed by atoms with Crippen molar-refractivity contribution in [3.63, 3.8) is 0 Å². The van der Waals surface area contributed by atoms with Gasteiger partial charge in [-0.3, -0.25) is 4.79 Å². The number of aliphatic carboxylic acids is 1. The Kier molecular flexibility index (Phi) is 2.97. The number of hydrogen-bond donors (Lipinski definition) is 2. The highest BCUT2D eigenvalue weighted by molar-refractivity contribution is 5.68. The lowest BCUT2D eigenvalue weighted by Crippen LogP contribution is -2.51. The highest BCUT2D eigenvalue weighted by atomic mass is 16.4. The molecule has 3 aliphatic rings. The van der Waals surface area contributed by atoms with Gasteiger partial charge in [0, 0.05) is 0 Å². The highest BCUT2D eigenvalue weighted by Crippen LogP contribution is 2.60. The highest BCUT2D eigenvalue weighted by Gasteiger charge is 2.55. The van der Waals surface area contributed by atoms with Crippen molar-refractivity contribution >= 4 is 5.97 Å². The number of allylic oxidation sites excluding steroid dienone is 2. The van der Waals surface area contributed by atoms with Crippen molar-refractivity contribution in [2.24, 2.45) is 28.9 Å². The van der Waals surface area contributed by atoms with Gasteiger partial charge in [-0.05, 0) is 55.4 Å². The fourth-order valence-corrected chi connectivity index (χ4v) is 4.62. The third-order valence-corrected chi connectivity index (χ3v) is 5.56. The zero-order valence-electron chi connectivity index (χ0n) is 10.9. The number of nitrogens with two attached hydrogens (primary N) is 1. The second kappa shape index (κ2) is 4.37. The summed E-state index contributed by atoms with van der Waals surface area (Å²) in [7, 11) is 0. The molecule has 18 heavy (non-hydrogen) atoms. The van der Waals surface area contributed by atoms with Gasteiger partial charge in [-0.1, -0.05) is 24.5 Å². The van der Waals surface area contributed by atoms with E-state index in [-0.39, 0.29) is 11.8 Å². The van der Waals surface area contributed by atoms with Gasteiger partial charge in [-0.15, -0.1) is 0 Å².